The van der Waals surface area contributed by atoms with Crippen molar-refractivity contribution in [2.45, 2.75) is 6.92 Å². The van der Waals surface area contributed by atoms with Crippen molar-refractivity contribution in [3.8, 4) is 0 Å². The van der Waals surface area contributed by atoms with Crippen LogP contribution >= 0.6 is 23.2 Å². The second kappa shape index (κ2) is 7.55. The molecule has 0 radical (unpaired) electrons. The number of benzene rings is 2. The van der Waals surface area contributed by atoms with Crippen LogP contribution in [0.1, 0.15) is 5.56 Å². The molecule has 0 saturated carbocycles. The number of halogens is 2. The fourth-order valence-electron chi connectivity index (χ4n) is 2.29. The molecule has 2 N–H and O–H groups in total. The maximum atomic E-state index is 11.6. The van der Waals surface area contributed by atoms with Crippen LogP contribution in [0, 0.1) is 17.0 Å². The van der Waals surface area contributed by atoms with Crippen LogP contribution in [0.4, 0.5) is 28.7 Å². The molecular formula is C17H13Cl2N5O2. The average molecular weight is 390 g/mol. The van der Waals surface area contributed by atoms with E-state index >= 15 is 0 Å². The van der Waals surface area contributed by atoms with Gasteiger partial charge in [0.1, 0.15) is 6.33 Å². The third-order valence-electron chi connectivity index (χ3n) is 3.54. The van der Waals surface area contributed by atoms with Crippen molar-refractivity contribution in [2.24, 2.45) is 0 Å². The van der Waals surface area contributed by atoms with Crippen molar-refractivity contribution < 1.29 is 4.92 Å². The lowest BCUT2D eigenvalue weighted by Crippen LogP contribution is -2.06. The third kappa shape index (κ3) is 4.01. The van der Waals surface area contributed by atoms with Crippen molar-refractivity contribution in [3.63, 3.8) is 0 Å². The van der Waals surface area contributed by atoms with Crippen molar-refractivity contribution in [1.29, 1.82) is 0 Å². The van der Waals surface area contributed by atoms with Crippen LogP contribution in [0.25, 0.3) is 0 Å². The molecule has 1 heterocycles. The molecule has 0 amide bonds. The summed E-state index contributed by atoms with van der Waals surface area (Å²) in [6, 6.07) is 12.0. The first kappa shape index (κ1) is 17.9. The number of aromatic nitrogens is 2. The summed E-state index contributed by atoms with van der Waals surface area (Å²) < 4.78 is 0. The SMILES string of the molecule is Cc1ccc(Cl)cc1Nc1ncnc(Nc2cccc(Cl)c2)c1[N+](=O)[O-]. The molecule has 0 atom stereocenters. The third-order valence-corrected chi connectivity index (χ3v) is 4.02. The number of hydrogen-bond acceptors (Lipinski definition) is 6. The zero-order valence-electron chi connectivity index (χ0n) is 13.5. The van der Waals surface area contributed by atoms with E-state index in [1.54, 1.807) is 36.4 Å². The summed E-state index contributed by atoms with van der Waals surface area (Å²) >= 11 is 12.0. The topological polar surface area (TPSA) is 93.0 Å². The van der Waals surface area contributed by atoms with E-state index in [-0.39, 0.29) is 17.3 Å². The van der Waals surface area contributed by atoms with Gasteiger partial charge in [-0.1, -0.05) is 35.3 Å². The summed E-state index contributed by atoms with van der Waals surface area (Å²) in [4.78, 5) is 19.1. The van der Waals surface area contributed by atoms with Gasteiger partial charge in [-0.15, -0.1) is 0 Å². The van der Waals surface area contributed by atoms with Crippen LogP contribution in [-0.2, 0) is 0 Å². The molecule has 7 nitrogen and oxygen atoms in total. The van der Waals surface area contributed by atoms with E-state index in [1.807, 2.05) is 13.0 Å². The van der Waals surface area contributed by atoms with Gasteiger partial charge in [0.15, 0.2) is 0 Å². The largest absolute Gasteiger partial charge is 0.353 e. The smallest absolute Gasteiger partial charge is 0.334 e. The van der Waals surface area contributed by atoms with Gasteiger partial charge in [-0.3, -0.25) is 10.1 Å². The number of anilines is 4. The van der Waals surface area contributed by atoms with Gasteiger partial charge in [0.2, 0.25) is 11.6 Å². The predicted octanol–water partition coefficient (Wildman–Crippen LogP) is 5.49. The second-order valence-electron chi connectivity index (χ2n) is 5.40. The fourth-order valence-corrected chi connectivity index (χ4v) is 2.66. The number of nitrogens with one attached hydrogen (secondary N) is 2. The summed E-state index contributed by atoms with van der Waals surface area (Å²) in [5.41, 5.74) is 1.77. The Hall–Kier alpha value is -2.90. The Labute approximate surface area is 159 Å². The van der Waals surface area contributed by atoms with Gasteiger partial charge in [-0.2, -0.15) is 0 Å². The molecule has 2 aromatic carbocycles. The Balaban J connectivity index is 2.01. The number of nitrogens with zero attached hydrogens (tertiary/aromatic N) is 3. The Bertz CT molecular complexity index is 981. The van der Waals surface area contributed by atoms with E-state index in [9.17, 15) is 10.1 Å². The minimum absolute atomic E-state index is 0.0504. The van der Waals surface area contributed by atoms with Gasteiger partial charge in [0, 0.05) is 21.4 Å². The summed E-state index contributed by atoms with van der Waals surface area (Å²) in [6.45, 7) is 1.86. The van der Waals surface area contributed by atoms with Gasteiger partial charge >= 0.3 is 5.69 Å². The molecule has 3 aromatic rings. The second-order valence-corrected chi connectivity index (χ2v) is 6.27. The molecule has 0 fully saturated rings. The maximum absolute atomic E-state index is 11.6. The summed E-state index contributed by atoms with van der Waals surface area (Å²) in [5, 5.41) is 18.5. The molecule has 0 bridgehead atoms. The first-order valence-electron chi connectivity index (χ1n) is 7.49. The van der Waals surface area contributed by atoms with Crippen LogP contribution in [0.3, 0.4) is 0 Å². The van der Waals surface area contributed by atoms with E-state index in [1.165, 1.54) is 6.33 Å². The molecule has 9 heteroatoms. The van der Waals surface area contributed by atoms with Crippen molar-refractivity contribution in [3.05, 3.63) is 74.5 Å². The molecular weight excluding hydrogens is 377 g/mol. The maximum Gasteiger partial charge on any atom is 0.353 e. The first-order valence-corrected chi connectivity index (χ1v) is 8.25. The molecule has 132 valence electrons. The molecule has 0 saturated heterocycles. The highest BCUT2D eigenvalue weighted by Crippen LogP contribution is 2.34. The van der Waals surface area contributed by atoms with Crippen molar-refractivity contribution >= 4 is 51.9 Å². The molecule has 0 aliphatic heterocycles. The number of nitro groups is 1. The lowest BCUT2D eigenvalue weighted by molar-refractivity contribution is -0.383. The summed E-state index contributed by atoms with van der Waals surface area (Å²) in [7, 11) is 0. The molecule has 0 unspecified atom stereocenters. The Kier molecular flexibility index (Phi) is 5.20. The first-order chi connectivity index (χ1) is 12.4. The average Bonchev–Trinajstić information content (AvgIpc) is 2.58. The van der Waals surface area contributed by atoms with Crippen molar-refractivity contribution in [1.82, 2.24) is 9.97 Å². The molecule has 0 aliphatic carbocycles. The summed E-state index contributed by atoms with van der Waals surface area (Å²) in [5.74, 6) is 0.106. The highest BCUT2D eigenvalue weighted by atomic mass is 35.5. The minimum atomic E-state index is -0.547. The lowest BCUT2D eigenvalue weighted by Gasteiger charge is -2.12. The molecule has 1 aromatic heterocycles. The molecule has 26 heavy (non-hydrogen) atoms. The summed E-state index contributed by atoms with van der Waals surface area (Å²) in [6.07, 6.45) is 1.24. The van der Waals surface area contributed by atoms with Gasteiger partial charge in [-0.25, -0.2) is 9.97 Å². The standard InChI is InChI=1S/C17H13Cl2N5O2/c1-10-5-6-12(19)8-14(10)23-17-15(24(25)26)16(20-9-21-17)22-13-4-2-3-11(18)7-13/h2-9H,1H3,(H2,20,21,22,23). The van der Waals surface area contributed by atoms with E-state index in [4.69, 9.17) is 23.2 Å². The van der Waals surface area contributed by atoms with Gasteiger partial charge in [0.05, 0.1) is 4.92 Å². The van der Waals surface area contributed by atoms with Crippen LogP contribution in [0.5, 0.6) is 0 Å². The number of rotatable bonds is 5. The highest BCUT2D eigenvalue weighted by Gasteiger charge is 2.23. The zero-order valence-corrected chi connectivity index (χ0v) is 15.0. The fraction of sp³-hybridized carbons (Fsp3) is 0.0588. The van der Waals surface area contributed by atoms with Crippen LogP contribution in [0.2, 0.25) is 10.0 Å². The van der Waals surface area contributed by atoms with E-state index in [0.717, 1.165) is 5.56 Å². The molecule has 0 spiro atoms. The Morgan fingerprint density at radius 2 is 1.69 bits per heavy atom. The van der Waals surface area contributed by atoms with E-state index in [2.05, 4.69) is 20.6 Å². The molecule has 3 rings (SSSR count). The number of aryl methyl sites for hydroxylation is 1. The van der Waals surface area contributed by atoms with Gasteiger partial charge in [-0.05, 0) is 42.8 Å². The quantitative estimate of drug-likeness (QED) is 0.442. The number of hydrogen-bond donors (Lipinski definition) is 2. The van der Waals surface area contributed by atoms with Crippen LogP contribution < -0.4 is 10.6 Å². The Morgan fingerprint density at radius 3 is 2.38 bits per heavy atom. The van der Waals surface area contributed by atoms with Gasteiger partial charge in [0.25, 0.3) is 0 Å². The normalized spacial score (nSPS) is 10.4. The van der Waals surface area contributed by atoms with E-state index < -0.39 is 4.92 Å². The van der Waals surface area contributed by atoms with Crippen LogP contribution in [-0.4, -0.2) is 14.9 Å². The van der Waals surface area contributed by atoms with Gasteiger partial charge < -0.3 is 10.6 Å². The Morgan fingerprint density at radius 1 is 1.00 bits per heavy atom. The van der Waals surface area contributed by atoms with Crippen LogP contribution in [0.15, 0.2) is 48.8 Å². The molecule has 0 aliphatic rings. The monoisotopic (exact) mass is 389 g/mol. The lowest BCUT2D eigenvalue weighted by atomic mass is 10.2. The van der Waals surface area contributed by atoms with E-state index in [0.29, 0.717) is 21.4 Å². The minimum Gasteiger partial charge on any atom is -0.334 e. The van der Waals surface area contributed by atoms with Crippen molar-refractivity contribution in [2.75, 3.05) is 10.6 Å². The zero-order chi connectivity index (χ0) is 18.7. The predicted molar refractivity (Wildman–Crippen MR) is 103 cm³/mol. The highest BCUT2D eigenvalue weighted by molar-refractivity contribution is 6.31.